The lowest BCUT2D eigenvalue weighted by molar-refractivity contribution is 0.000735. The van der Waals surface area contributed by atoms with E-state index in [1.165, 1.54) is 0 Å². The van der Waals surface area contributed by atoms with Crippen molar-refractivity contribution in [3.63, 3.8) is 0 Å². The highest BCUT2D eigenvalue weighted by Crippen LogP contribution is 2.49. The third-order valence-corrected chi connectivity index (χ3v) is 6.58. The molecule has 3 fully saturated rings. The van der Waals surface area contributed by atoms with Crippen molar-refractivity contribution in [3.05, 3.63) is 29.8 Å². The first kappa shape index (κ1) is 19.8. The van der Waals surface area contributed by atoms with Gasteiger partial charge in [-0.05, 0) is 49.9 Å². The first-order valence-corrected chi connectivity index (χ1v) is 11.4. The number of anilines is 2. The number of aromatic nitrogens is 2. The Bertz CT molecular complexity index is 1010. The van der Waals surface area contributed by atoms with E-state index in [0.717, 1.165) is 61.6 Å². The fourth-order valence-corrected chi connectivity index (χ4v) is 4.40. The predicted molar refractivity (Wildman–Crippen MR) is 118 cm³/mol. The minimum Gasteiger partial charge on any atom is -0.471 e. The minimum atomic E-state index is -0.228. The van der Waals surface area contributed by atoms with Gasteiger partial charge in [-0.25, -0.2) is 9.78 Å². The summed E-state index contributed by atoms with van der Waals surface area (Å²) < 4.78 is 17.0. The van der Waals surface area contributed by atoms with Crippen LogP contribution in [0.4, 0.5) is 16.3 Å². The molecule has 2 saturated heterocycles. The third kappa shape index (κ3) is 3.86. The Balaban J connectivity index is 1.26. The molecule has 1 aromatic heterocycles. The average Bonchev–Trinajstić information content (AvgIpc) is 3.55. The van der Waals surface area contributed by atoms with Crippen LogP contribution < -0.4 is 20.3 Å². The van der Waals surface area contributed by atoms with Gasteiger partial charge in [0.1, 0.15) is 11.4 Å². The molecule has 2 N–H and O–H groups in total. The van der Waals surface area contributed by atoms with Crippen LogP contribution >= 0.6 is 0 Å². The molecule has 1 saturated carbocycles. The number of benzene rings is 1. The van der Waals surface area contributed by atoms with Gasteiger partial charge in [-0.3, -0.25) is 0 Å². The second kappa shape index (κ2) is 7.90. The molecule has 9 nitrogen and oxygen atoms in total. The summed E-state index contributed by atoms with van der Waals surface area (Å²) in [6.07, 6.45) is 4.20. The number of nitrogens with zero attached hydrogens (tertiary/aromatic N) is 3. The number of fused-ring (bicyclic) bond motifs is 1. The van der Waals surface area contributed by atoms with Crippen LogP contribution in [0.3, 0.4) is 0 Å². The highest BCUT2D eigenvalue weighted by Gasteiger charge is 2.48. The van der Waals surface area contributed by atoms with E-state index < -0.39 is 0 Å². The summed E-state index contributed by atoms with van der Waals surface area (Å²) in [6.45, 7) is 4.17. The molecule has 4 aliphatic rings. The number of urea groups is 1. The second-order valence-corrected chi connectivity index (χ2v) is 8.95. The summed E-state index contributed by atoms with van der Waals surface area (Å²) in [5, 5.41) is 5.73. The predicted octanol–water partition coefficient (Wildman–Crippen LogP) is 2.36. The van der Waals surface area contributed by atoms with Crippen LogP contribution in [0.25, 0.3) is 11.4 Å². The number of morpholine rings is 1. The standard InChI is InChI=1S/C23H27N5O4/c29-22(25-17-13-31-14-17)24-16-3-1-15(2-4-16)19-26-20(28-9-11-30-12-10-28)18-5-6-23(7-8-23)32-21(18)27-19/h1-4,17H,5-14H2,(H2,24,25,29). The summed E-state index contributed by atoms with van der Waals surface area (Å²) in [7, 11) is 0. The summed E-state index contributed by atoms with van der Waals surface area (Å²) >= 11 is 0. The summed E-state index contributed by atoms with van der Waals surface area (Å²) in [5.74, 6) is 2.34. The molecule has 2 aromatic rings. The van der Waals surface area contributed by atoms with E-state index >= 15 is 0 Å². The highest BCUT2D eigenvalue weighted by atomic mass is 16.5. The Kier molecular flexibility index (Phi) is 4.87. The van der Waals surface area contributed by atoms with Crippen molar-refractivity contribution in [2.75, 3.05) is 49.7 Å². The second-order valence-electron chi connectivity index (χ2n) is 8.95. The smallest absolute Gasteiger partial charge is 0.319 e. The zero-order valence-electron chi connectivity index (χ0n) is 17.9. The van der Waals surface area contributed by atoms with E-state index in [1.54, 1.807) is 0 Å². The van der Waals surface area contributed by atoms with E-state index in [2.05, 4.69) is 15.5 Å². The first-order valence-electron chi connectivity index (χ1n) is 11.4. The Morgan fingerprint density at radius 1 is 1.03 bits per heavy atom. The summed E-state index contributed by atoms with van der Waals surface area (Å²) in [5.41, 5.74) is 2.71. The third-order valence-electron chi connectivity index (χ3n) is 6.58. The SMILES string of the molecule is O=C(Nc1ccc(-c2nc3c(c(N4CCOCC4)n2)CCC2(CC2)O3)cc1)NC1COC1. The minimum absolute atomic E-state index is 0.00643. The van der Waals surface area contributed by atoms with E-state index in [9.17, 15) is 4.79 Å². The Hall–Kier alpha value is -2.91. The van der Waals surface area contributed by atoms with Gasteiger partial charge in [0.2, 0.25) is 5.88 Å². The monoisotopic (exact) mass is 437 g/mol. The highest BCUT2D eigenvalue weighted by molar-refractivity contribution is 5.89. The van der Waals surface area contributed by atoms with E-state index in [4.69, 9.17) is 24.2 Å². The van der Waals surface area contributed by atoms with Gasteiger partial charge in [0.25, 0.3) is 0 Å². The van der Waals surface area contributed by atoms with Crippen molar-refractivity contribution in [2.24, 2.45) is 0 Å². The zero-order chi connectivity index (χ0) is 21.5. The van der Waals surface area contributed by atoms with Crippen molar-refractivity contribution in [3.8, 4) is 17.3 Å². The Morgan fingerprint density at radius 3 is 2.50 bits per heavy atom. The Labute approximate surface area is 186 Å². The molecule has 0 atom stereocenters. The normalized spacial score (nSPS) is 21.3. The van der Waals surface area contributed by atoms with Crippen molar-refractivity contribution in [1.29, 1.82) is 0 Å². The lowest BCUT2D eigenvalue weighted by Gasteiger charge is -2.33. The van der Waals surface area contributed by atoms with Gasteiger partial charge in [-0.1, -0.05) is 0 Å². The number of amides is 2. The largest absolute Gasteiger partial charge is 0.471 e. The number of carbonyl (C=O) groups excluding carboxylic acids is 1. The number of hydrogen-bond donors (Lipinski definition) is 2. The lowest BCUT2D eigenvalue weighted by Crippen LogP contribution is -2.49. The molecule has 0 bridgehead atoms. The van der Waals surface area contributed by atoms with Crippen molar-refractivity contribution >= 4 is 17.5 Å². The molecule has 1 aromatic carbocycles. The number of ether oxygens (including phenoxy) is 3. The topological polar surface area (TPSA) is 97.8 Å². The fourth-order valence-electron chi connectivity index (χ4n) is 4.40. The maximum Gasteiger partial charge on any atom is 0.319 e. The molecule has 168 valence electrons. The molecule has 1 aliphatic carbocycles. The molecule has 32 heavy (non-hydrogen) atoms. The number of nitrogens with one attached hydrogen (secondary N) is 2. The molecule has 1 spiro atoms. The fraction of sp³-hybridized carbons (Fsp3) is 0.522. The van der Waals surface area contributed by atoms with Gasteiger partial charge >= 0.3 is 6.03 Å². The van der Waals surface area contributed by atoms with Crippen LogP contribution in [0.5, 0.6) is 5.88 Å². The maximum atomic E-state index is 12.1. The van der Waals surface area contributed by atoms with Gasteiger partial charge in [0.05, 0.1) is 38.0 Å². The lowest BCUT2D eigenvalue weighted by atomic mass is 10.0. The van der Waals surface area contributed by atoms with Crippen molar-refractivity contribution in [1.82, 2.24) is 15.3 Å². The summed E-state index contributed by atoms with van der Waals surface area (Å²) in [4.78, 5) is 24.1. The molecular formula is C23H27N5O4. The number of hydrogen-bond acceptors (Lipinski definition) is 7. The van der Waals surface area contributed by atoms with E-state index in [0.29, 0.717) is 37.9 Å². The van der Waals surface area contributed by atoms with Crippen molar-refractivity contribution < 1.29 is 19.0 Å². The van der Waals surface area contributed by atoms with Crippen LogP contribution in [-0.4, -0.2) is 67.2 Å². The molecule has 6 rings (SSSR count). The number of rotatable bonds is 4. The van der Waals surface area contributed by atoms with E-state index in [1.807, 2.05) is 24.3 Å². The van der Waals surface area contributed by atoms with Gasteiger partial charge in [0, 0.05) is 24.3 Å². The van der Waals surface area contributed by atoms with Gasteiger partial charge in [-0.2, -0.15) is 4.98 Å². The zero-order valence-corrected chi connectivity index (χ0v) is 17.9. The first-order chi connectivity index (χ1) is 15.7. The average molecular weight is 438 g/mol. The molecule has 9 heteroatoms. The maximum absolute atomic E-state index is 12.1. The molecular weight excluding hydrogens is 410 g/mol. The molecule has 0 radical (unpaired) electrons. The molecule has 4 heterocycles. The molecule has 2 amide bonds. The van der Waals surface area contributed by atoms with Gasteiger partial charge < -0.3 is 29.7 Å². The van der Waals surface area contributed by atoms with Crippen LogP contribution in [0, 0.1) is 0 Å². The van der Waals surface area contributed by atoms with Crippen LogP contribution in [0.1, 0.15) is 24.8 Å². The van der Waals surface area contributed by atoms with Gasteiger partial charge in [-0.15, -0.1) is 0 Å². The van der Waals surface area contributed by atoms with E-state index in [-0.39, 0.29) is 17.7 Å². The van der Waals surface area contributed by atoms with Gasteiger partial charge in [0.15, 0.2) is 5.82 Å². The van der Waals surface area contributed by atoms with Crippen LogP contribution in [0.2, 0.25) is 0 Å². The molecule has 3 aliphatic heterocycles. The molecule has 0 unspecified atom stereocenters. The quantitative estimate of drug-likeness (QED) is 0.758. The Morgan fingerprint density at radius 2 is 1.81 bits per heavy atom. The van der Waals surface area contributed by atoms with Crippen molar-refractivity contribution in [2.45, 2.75) is 37.3 Å². The van der Waals surface area contributed by atoms with Crippen LogP contribution in [0.15, 0.2) is 24.3 Å². The van der Waals surface area contributed by atoms with Crippen LogP contribution in [-0.2, 0) is 15.9 Å². The number of carbonyl (C=O) groups is 1. The summed E-state index contributed by atoms with van der Waals surface area (Å²) in [6, 6.07) is 7.46.